The number of nitrogens with one attached hydrogen (secondary N) is 2. The highest BCUT2D eigenvalue weighted by Crippen LogP contribution is 2.32. The molecule has 0 aliphatic rings. The standard InChI is InChI=1S/C24H33N5O5S/c1-18-15-20(29(5-9-32-11-7-30)6-10-33-13-14-34-12-8-31)3-4-22(18)27-28-24-21(16-25)19(2)23(17-26)35-24/h3-4,15,27-28,30-31H,5-14H2,1-2H3. The van der Waals surface area contributed by atoms with E-state index in [1.54, 1.807) is 6.92 Å². The minimum absolute atomic E-state index is 0.00526. The molecule has 1 heterocycles. The molecular weight excluding hydrogens is 470 g/mol. The van der Waals surface area contributed by atoms with Crippen molar-refractivity contribution in [3.8, 4) is 12.1 Å². The van der Waals surface area contributed by atoms with E-state index in [1.165, 1.54) is 11.3 Å². The molecule has 0 aliphatic carbocycles. The van der Waals surface area contributed by atoms with Gasteiger partial charge in [0.05, 0.1) is 64.1 Å². The van der Waals surface area contributed by atoms with Crippen molar-refractivity contribution in [2.24, 2.45) is 0 Å². The lowest BCUT2D eigenvalue weighted by molar-refractivity contribution is 0.0347. The van der Waals surface area contributed by atoms with Gasteiger partial charge in [-0.3, -0.25) is 10.9 Å². The quantitative estimate of drug-likeness (QED) is 0.188. The average molecular weight is 504 g/mol. The molecule has 0 fully saturated rings. The van der Waals surface area contributed by atoms with E-state index < -0.39 is 0 Å². The van der Waals surface area contributed by atoms with Gasteiger partial charge in [0.2, 0.25) is 0 Å². The Hall–Kier alpha value is -2.90. The van der Waals surface area contributed by atoms with Crippen LogP contribution in [0.5, 0.6) is 0 Å². The molecule has 0 bridgehead atoms. The normalized spacial score (nSPS) is 10.6. The molecule has 2 rings (SSSR count). The number of ether oxygens (including phenoxy) is 3. The largest absolute Gasteiger partial charge is 0.394 e. The monoisotopic (exact) mass is 503 g/mol. The van der Waals surface area contributed by atoms with Gasteiger partial charge in [0, 0.05) is 18.8 Å². The molecule has 0 unspecified atom stereocenters. The highest BCUT2D eigenvalue weighted by Gasteiger charge is 2.15. The summed E-state index contributed by atoms with van der Waals surface area (Å²) in [5, 5.41) is 36.9. The number of aliphatic hydroxyl groups excluding tert-OH is 2. The summed E-state index contributed by atoms with van der Waals surface area (Å²) in [7, 11) is 0. The van der Waals surface area contributed by atoms with Crippen LogP contribution < -0.4 is 15.8 Å². The molecule has 0 radical (unpaired) electrons. The molecular formula is C24H33N5O5S. The van der Waals surface area contributed by atoms with Gasteiger partial charge in [0.25, 0.3) is 0 Å². The van der Waals surface area contributed by atoms with Gasteiger partial charge in [-0.15, -0.1) is 11.3 Å². The van der Waals surface area contributed by atoms with Gasteiger partial charge in [-0.05, 0) is 43.2 Å². The van der Waals surface area contributed by atoms with E-state index >= 15 is 0 Å². The zero-order chi connectivity index (χ0) is 25.5. The second-order valence-electron chi connectivity index (χ2n) is 7.50. The molecule has 0 saturated heterocycles. The summed E-state index contributed by atoms with van der Waals surface area (Å²) in [5.74, 6) is 0. The van der Waals surface area contributed by atoms with Crippen molar-refractivity contribution >= 4 is 27.7 Å². The van der Waals surface area contributed by atoms with Crippen LogP contribution in [0.1, 0.15) is 21.6 Å². The number of benzene rings is 1. The number of nitriles is 2. The Morgan fingerprint density at radius 3 is 2.09 bits per heavy atom. The number of aryl methyl sites for hydroxylation is 1. The lowest BCUT2D eigenvalue weighted by Crippen LogP contribution is -2.31. The van der Waals surface area contributed by atoms with Crippen molar-refractivity contribution in [1.29, 1.82) is 10.5 Å². The Labute approximate surface area is 210 Å². The first kappa shape index (κ1) is 28.3. The number of thiophene rings is 1. The van der Waals surface area contributed by atoms with E-state index in [4.69, 9.17) is 24.4 Å². The maximum atomic E-state index is 9.43. The van der Waals surface area contributed by atoms with Gasteiger partial charge in [0.15, 0.2) is 0 Å². The van der Waals surface area contributed by atoms with Crippen LogP contribution in [0.3, 0.4) is 0 Å². The Bertz CT molecular complexity index is 1000. The molecule has 190 valence electrons. The number of hydrogen-bond acceptors (Lipinski definition) is 11. The van der Waals surface area contributed by atoms with E-state index in [0.29, 0.717) is 73.7 Å². The topological polar surface area (TPSA) is 143 Å². The fourth-order valence-electron chi connectivity index (χ4n) is 3.22. The van der Waals surface area contributed by atoms with Crippen molar-refractivity contribution in [3.63, 3.8) is 0 Å². The molecule has 4 N–H and O–H groups in total. The van der Waals surface area contributed by atoms with Crippen LogP contribution in [0.4, 0.5) is 16.4 Å². The van der Waals surface area contributed by atoms with Gasteiger partial charge in [-0.1, -0.05) is 0 Å². The fourth-order valence-corrected chi connectivity index (χ4v) is 4.13. The summed E-state index contributed by atoms with van der Waals surface area (Å²) in [6.45, 7) is 7.44. The first-order valence-electron chi connectivity index (χ1n) is 11.3. The van der Waals surface area contributed by atoms with Crippen molar-refractivity contribution in [2.45, 2.75) is 13.8 Å². The summed E-state index contributed by atoms with van der Waals surface area (Å²) < 4.78 is 16.3. The predicted octanol–water partition coefficient (Wildman–Crippen LogP) is 2.39. The van der Waals surface area contributed by atoms with E-state index in [-0.39, 0.29) is 13.2 Å². The van der Waals surface area contributed by atoms with E-state index in [9.17, 15) is 10.5 Å². The van der Waals surface area contributed by atoms with Crippen molar-refractivity contribution < 1.29 is 24.4 Å². The number of rotatable bonds is 17. The van der Waals surface area contributed by atoms with Crippen molar-refractivity contribution in [2.75, 3.05) is 81.7 Å². The second-order valence-corrected chi connectivity index (χ2v) is 8.53. The lowest BCUT2D eigenvalue weighted by atomic mass is 10.1. The van der Waals surface area contributed by atoms with E-state index in [1.807, 2.05) is 25.1 Å². The van der Waals surface area contributed by atoms with Crippen LogP contribution in [0, 0.1) is 36.5 Å². The summed E-state index contributed by atoms with van der Waals surface area (Å²) >= 11 is 1.24. The van der Waals surface area contributed by atoms with Crippen molar-refractivity contribution in [1.82, 2.24) is 0 Å². The molecule has 35 heavy (non-hydrogen) atoms. The maximum absolute atomic E-state index is 9.43. The summed E-state index contributed by atoms with van der Waals surface area (Å²) in [5.41, 5.74) is 10.2. The molecule has 10 nitrogen and oxygen atoms in total. The van der Waals surface area contributed by atoms with Crippen LogP contribution in [0.25, 0.3) is 0 Å². The Balaban J connectivity index is 2.01. The summed E-state index contributed by atoms with van der Waals surface area (Å²) in [6, 6.07) is 10.3. The minimum Gasteiger partial charge on any atom is -0.394 e. The molecule has 0 saturated carbocycles. The fraction of sp³-hybridized carbons (Fsp3) is 0.500. The van der Waals surface area contributed by atoms with Gasteiger partial charge < -0.3 is 29.3 Å². The first-order chi connectivity index (χ1) is 17.0. The summed E-state index contributed by atoms with van der Waals surface area (Å²) in [6.07, 6.45) is 0. The number of anilines is 3. The van der Waals surface area contributed by atoms with Gasteiger partial charge in [-0.25, -0.2) is 0 Å². The average Bonchev–Trinajstić information content (AvgIpc) is 3.18. The maximum Gasteiger partial charge on any atom is 0.127 e. The molecule has 0 amide bonds. The minimum atomic E-state index is -0.0173. The van der Waals surface area contributed by atoms with Crippen LogP contribution in [-0.4, -0.2) is 76.2 Å². The van der Waals surface area contributed by atoms with Crippen LogP contribution >= 0.6 is 11.3 Å². The highest BCUT2D eigenvalue weighted by molar-refractivity contribution is 7.17. The second kappa shape index (κ2) is 15.9. The van der Waals surface area contributed by atoms with E-state index in [0.717, 1.165) is 16.9 Å². The molecule has 0 aliphatic heterocycles. The number of aliphatic hydroxyl groups is 2. The first-order valence-corrected chi connectivity index (χ1v) is 12.1. The Morgan fingerprint density at radius 1 is 0.886 bits per heavy atom. The molecule has 1 aromatic heterocycles. The van der Waals surface area contributed by atoms with Gasteiger partial charge in [0.1, 0.15) is 22.0 Å². The number of hydrogen-bond donors (Lipinski definition) is 4. The van der Waals surface area contributed by atoms with E-state index in [2.05, 4.69) is 27.9 Å². The molecule has 1 aromatic carbocycles. The van der Waals surface area contributed by atoms with Crippen molar-refractivity contribution in [3.05, 3.63) is 39.8 Å². The molecule has 2 aromatic rings. The number of hydrazine groups is 1. The Kier molecular flexibility index (Phi) is 12.9. The lowest BCUT2D eigenvalue weighted by Gasteiger charge is -2.26. The smallest absolute Gasteiger partial charge is 0.127 e. The third-order valence-corrected chi connectivity index (χ3v) is 6.21. The van der Waals surface area contributed by atoms with Crippen LogP contribution in [0.15, 0.2) is 18.2 Å². The van der Waals surface area contributed by atoms with Gasteiger partial charge >= 0.3 is 0 Å². The zero-order valence-electron chi connectivity index (χ0n) is 20.2. The summed E-state index contributed by atoms with van der Waals surface area (Å²) in [4.78, 5) is 2.66. The highest BCUT2D eigenvalue weighted by atomic mass is 32.1. The molecule has 11 heteroatoms. The third-order valence-electron chi connectivity index (χ3n) is 5.10. The van der Waals surface area contributed by atoms with Gasteiger partial charge in [-0.2, -0.15) is 10.5 Å². The van der Waals surface area contributed by atoms with Crippen LogP contribution in [0.2, 0.25) is 0 Å². The zero-order valence-corrected chi connectivity index (χ0v) is 21.0. The molecule has 0 atom stereocenters. The SMILES string of the molecule is Cc1cc(N(CCOCCO)CCOCCOCCO)ccc1NNc1sc(C#N)c(C)c1C#N. The Morgan fingerprint density at radius 2 is 1.51 bits per heavy atom. The predicted molar refractivity (Wildman–Crippen MR) is 136 cm³/mol. The van der Waals surface area contributed by atoms with Crippen LogP contribution in [-0.2, 0) is 14.2 Å². The molecule has 0 spiro atoms. The third kappa shape index (κ3) is 9.00. The number of nitrogens with zero attached hydrogens (tertiary/aromatic N) is 3.